The molecule has 1 aliphatic heterocycles. The Labute approximate surface area is 130 Å². The molecule has 0 radical (unpaired) electrons. The smallest absolute Gasteiger partial charge is 0.161 e. The third-order valence-corrected chi connectivity index (χ3v) is 3.77. The number of aromatic amines is 1. The maximum absolute atomic E-state index is 5.68. The first-order chi connectivity index (χ1) is 10.8. The molecule has 1 atom stereocenters. The molecule has 2 aromatic rings. The largest absolute Gasteiger partial charge is 0.490 e. The average Bonchev–Trinajstić information content (AvgIpc) is 3.20. The molecule has 0 spiro atoms. The molecule has 1 aromatic carbocycles. The molecule has 1 aromatic heterocycles. The fourth-order valence-corrected chi connectivity index (χ4v) is 2.66. The van der Waals surface area contributed by atoms with Crippen molar-refractivity contribution in [1.82, 2.24) is 9.97 Å². The lowest BCUT2D eigenvalue weighted by atomic mass is 10.1. The van der Waals surface area contributed by atoms with Crippen LogP contribution in [0.4, 0.5) is 0 Å². The van der Waals surface area contributed by atoms with Gasteiger partial charge in [-0.05, 0) is 38.5 Å². The van der Waals surface area contributed by atoms with Crippen LogP contribution >= 0.6 is 0 Å². The minimum absolute atomic E-state index is 0.378. The number of ether oxygens (including phenoxy) is 3. The first-order valence-electron chi connectivity index (χ1n) is 7.84. The number of hydrogen-bond donors (Lipinski definition) is 1. The van der Waals surface area contributed by atoms with Gasteiger partial charge in [-0.1, -0.05) is 0 Å². The van der Waals surface area contributed by atoms with Gasteiger partial charge in [0, 0.05) is 18.1 Å². The zero-order chi connectivity index (χ0) is 15.4. The number of rotatable bonds is 6. The van der Waals surface area contributed by atoms with E-state index in [-0.39, 0.29) is 0 Å². The highest BCUT2D eigenvalue weighted by Crippen LogP contribution is 2.33. The van der Waals surface area contributed by atoms with E-state index in [2.05, 4.69) is 9.97 Å². The SMILES string of the molecule is CCOc1ccc(-c2cnc([C@@H]3CCOC3)[nH]2)cc1OCC. The molecule has 1 saturated heterocycles. The maximum atomic E-state index is 5.68. The van der Waals surface area contributed by atoms with Gasteiger partial charge in [-0.2, -0.15) is 0 Å². The third kappa shape index (κ3) is 3.09. The van der Waals surface area contributed by atoms with Crippen molar-refractivity contribution in [3.63, 3.8) is 0 Å². The molecule has 0 unspecified atom stereocenters. The van der Waals surface area contributed by atoms with Crippen molar-refractivity contribution in [2.75, 3.05) is 26.4 Å². The van der Waals surface area contributed by atoms with Crippen LogP contribution in [0.1, 0.15) is 32.0 Å². The van der Waals surface area contributed by atoms with Crippen molar-refractivity contribution < 1.29 is 14.2 Å². The fraction of sp³-hybridized carbons (Fsp3) is 0.471. The van der Waals surface area contributed by atoms with Gasteiger partial charge in [-0.3, -0.25) is 0 Å². The minimum atomic E-state index is 0.378. The normalized spacial score (nSPS) is 17.6. The Morgan fingerprint density at radius 1 is 1.23 bits per heavy atom. The fourth-order valence-electron chi connectivity index (χ4n) is 2.66. The van der Waals surface area contributed by atoms with E-state index in [0.29, 0.717) is 19.1 Å². The Balaban J connectivity index is 1.85. The summed E-state index contributed by atoms with van der Waals surface area (Å²) in [6.07, 6.45) is 2.90. The number of nitrogens with one attached hydrogen (secondary N) is 1. The molecule has 0 amide bonds. The summed E-state index contributed by atoms with van der Waals surface area (Å²) >= 11 is 0. The minimum Gasteiger partial charge on any atom is -0.490 e. The monoisotopic (exact) mass is 302 g/mol. The van der Waals surface area contributed by atoms with E-state index in [0.717, 1.165) is 48.2 Å². The van der Waals surface area contributed by atoms with Gasteiger partial charge in [-0.25, -0.2) is 4.98 Å². The van der Waals surface area contributed by atoms with Crippen molar-refractivity contribution in [3.05, 3.63) is 30.2 Å². The van der Waals surface area contributed by atoms with E-state index in [9.17, 15) is 0 Å². The number of benzene rings is 1. The summed E-state index contributed by atoms with van der Waals surface area (Å²) in [5, 5.41) is 0. The molecule has 22 heavy (non-hydrogen) atoms. The summed E-state index contributed by atoms with van der Waals surface area (Å²) in [6.45, 7) is 6.73. The number of H-pyrrole nitrogens is 1. The predicted octanol–water partition coefficient (Wildman–Crippen LogP) is 3.38. The number of nitrogens with zero attached hydrogens (tertiary/aromatic N) is 1. The molecule has 118 valence electrons. The first-order valence-corrected chi connectivity index (χ1v) is 7.84. The van der Waals surface area contributed by atoms with Gasteiger partial charge in [0.05, 0.1) is 31.7 Å². The zero-order valence-corrected chi connectivity index (χ0v) is 13.1. The third-order valence-electron chi connectivity index (χ3n) is 3.77. The van der Waals surface area contributed by atoms with Crippen LogP contribution in [-0.4, -0.2) is 36.4 Å². The molecule has 2 heterocycles. The predicted molar refractivity (Wildman–Crippen MR) is 84.5 cm³/mol. The first kappa shape index (κ1) is 14.9. The highest BCUT2D eigenvalue weighted by atomic mass is 16.5. The van der Waals surface area contributed by atoms with Crippen molar-refractivity contribution in [3.8, 4) is 22.8 Å². The van der Waals surface area contributed by atoms with Crippen LogP contribution in [0.3, 0.4) is 0 Å². The standard InChI is InChI=1S/C17H22N2O3/c1-3-21-15-6-5-12(9-16(15)22-4-2)14-10-18-17(19-14)13-7-8-20-11-13/h5-6,9-10,13H,3-4,7-8,11H2,1-2H3,(H,18,19)/t13-/m1/s1. The lowest BCUT2D eigenvalue weighted by Gasteiger charge is -2.12. The Hall–Kier alpha value is -2.01. The second-order valence-electron chi connectivity index (χ2n) is 5.27. The lowest BCUT2D eigenvalue weighted by Crippen LogP contribution is -2.00. The topological polar surface area (TPSA) is 56.4 Å². The molecule has 1 fully saturated rings. The summed E-state index contributed by atoms with van der Waals surface area (Å²) < 4.78 is 16.7. The van der Waals surface area contributed by atoms with Gasteiger partial charge >= 0.3 is 0 Å². The molecular formula is C17H22N2O3. The molecular weight excluding hydrogens is 280 g/mol. The van der Waals surface area contributed by atoms with Crippen LogP contribution in [0.5, 0.6) is 11.5 Å². The van der Waals surface area contributed by atoms with E-state index in [4.69, 9.17) is 14.2 Å². The molecule has 3 rings (SSSR count). The van der Waals surface area contributed by atoms with Gasteiger partial charge in [0.15, 0.2) is 11.5 Å². The summed E-state index contributed by atoms with van der Waals surface area (Å²) in [7, 11) is 0. The number of aromatic nitrogens is 2. The summed E-state index contributed by atoms with van der Waals surface area (Å²) in [5.74, 6) is 2.92. The molecule has 1 aliphatic rings. The molecule has 0 saturated carbocycles. The maximum Gasteiger partial charge on any atom is 0.161 e. The Bertz CT molecular complexity index is 618. The average molecular weight is 302 g/mol. The van der Waals surface area contributed by atoms with Gasteiger partial charge in [0.25, 0.3) is 0 Å². The van der Waals surface area contributed by atoms with E-state index < -0.39 is 0 Å². The molecule has 0 aliphatic carbocycles. The second-order valence-corrected chi connectivity index (χ2v) is 5.27. The van der Waals surface area contributed by atoms with Crippen LogP contribution in [0, 0.1) is 0 Å². The Kier molecular flexibility index (Phi) is 4.63. The van der Waals surface area contributed by atoms with Crippen LogP contribution in [0.2, 0.25) is 0 Å². The number of hydrogen-bond acceptors (Lipinski definition) is 4. The van der Waals surface area contributed by atoms with Crippen LogP contribution in [0.25, 0.3) is 11.3 Å². The van der Waals surface area contributed by atoms with Gasteiger partial charge in [0.2, 0.25) is 0 Å². The zero-order valence-electron chi connectivity index (χ0n) is 13.1. The van der Waals surface area contributed by atoms with E-state index in [1.807, 2.05) is 38.2 Å². The Morgan fingerprint density at radius 3 is 2.77 bits per heavy atom. The molecule has 5 nitrogen and oxygen atoms in total. The van der Waals surface area contributed by atoms with Gasteiger partial charge < -0.3 is 19.2 Å². The highest BCUT2D eigenvalue weighted by Gasteiger charge is 2.21. The van der Waals surface area contributed by atoms with Crippen LogP contribution < -0.4 is 9.47 Å². The van der Waals surface area contributed by atoms with Crippen molar-refractivity contribution in [2.45, 2.75) is 26.2 Å². The van der Waals surface area contributed by atoms with E-state index in [1.165, 1.54) is 0 Å². The molecule has 1 N–H and O–H groups in total. The summed E-state index contributed by atoms with van der Waals surface area (Å²) in [5.41, 5.74) is 2.04. The summed E-state index contributed by atoms with van der Waals surface area (Å²) in [6, 6.07) is 5.97. The van der Waals surface area contributed by atoms with Gasteiger partial charge in [-0.15, -0.1) is 0 Å². The van der Waals surface area contributed by atoms with Crippen molar-refractivity contribution in [1.29, 1.82) is 0 Å². The summed E-state index contributed by atoms with van der Waals surface area (Å²) in [4.78, 5) is 7.91. The lowest BCUT2D eigenvalue weighted by molar-refractivity contribution is 0.193. The van der Waals surface area contributed by atoms with E-state index in [1.54, 1.807) is 0 Å². The highest BCUT2D eigenvalue weighted by molar-refractivity contribution is 5.63. The van der Waals surface area contributed by atoms with Crippen LogP contribution in [-0.2, 0) is 4.74 Å². The quantitative estimate of drug-likeness (QED) is 0.888. The van der Waals surface area contributed by atoms with Crippen molar-refractivity contribution >= 4 is 0 Å². The van der Waals surface area contributed by atoms with Crippen LogP contribution in [0.15, 0.2) is 24.4 Å². The van der Waals surface area contributed by atoms with Gasteiger partial charge in [0.1, 0.15) is 5.82 Å². The second kappa shape index (κ2) is 6.83. The number of imidazole rings is 1. The molecule has 0 bridgehead atoms. The molecule has 5 heteroatoms. The van der Waals surface area contributed by atoms with E-state index >= 15 is 0 Å². The van der Waals surface area contributed by atoms with Crippen molar-refractivity contribution in [2.24, 2.45) is 0 Å². The Morgan fingerprint density at radius 2 is 2.05 bits per heavy atom.